The molecule has 0 unspecified atom stereocenters. The molecule has 0 aliphatic heterocycles. The molecule has 27 heavy (non-hydrogen) atoms. The second kappa shape index (κ2) is 6.13. The SMILES string of the molecule is Cc1cc(F)cc(F)c1C1(c2c(-c3ccc(F)cc3Cl)c(C)nn2C)CC1. The average Bonchev–Trinajstić information content (AvgIpc) is 3.26. The van der Waals surface area contributed by atoms with Crippen molar-refractivity contribution < 1.29 is 13.2 Å². The zero-order chi connectivity index (χ0) is 19.5. The van der Waals surface area contributed by atoms with E-state index >= 15 is 0 Å². The van der Waals surface area contributed by atoms with Crippen LogP contribution < -0.4 is 0 Å². The molecule has 1 saturated carbocycles. The predicted molar refractivity (Wildman–Crippen MR) is 99.5 cm³/mol. The second-order valence-electron chi connectivity index (χ2n) is 7.22. The maximum absolute atomic E-state index is 14.8. The summed E-state index contributed by atoms with van der Waals surface area (Å²) >= 11 is 6.32. The number of halogens is 4. The third-order valence-electron chi connectivity index (χ3n) is 5.36. The minimum atomic E-state index is -0.592. The molecule has 2 aromatic carbocycles. The topological polar surface area (TPSA) is 17.8 Å². The van der Waals surface area contributed by atoms with Crippen LogP contribution in [0.1, 0.15) is 35.4 Å². The van der Waals surface area contributed by atoms with Crippen LogP contribution in [0, 0.1) is 31.3 Å². The molecule has 1 aliphatic rings. The van der Waals surface area contributed by atoms with Gasteiger partial charge in [-0.15, -0.1) is 0 Å². The van der Waals surface area contributed by atoms with E-state index in [-0.39, 0.29) is 5.02 Å². The highest BCUT2D eigenvalue weighted by Gasteiger charge is 2.52. The van der Waals surface area contributed by atoms with E-state index in [2.05, 4.69) is 5.10 Å². The van der Waals surface area contributed by atoms with Crippen molar-refractivity contribution >= 4 is 11.6 Å². The summed E-state index contributed by atoms with van der Waals surface area (Å²) in [7, 11) is 1.81. The van der Waals surface area contributed by atoms with Crippen LogP contribution in [0.5, 0.6) is 0 Å². The highest BCUT2D eigenvalue weighted by Crippen LogP contribution is 2.58. The van der Waals surface area contributed by atoms with E-state index in [1.165, 1.54) is 18.2 Å². The molecule has 0 N–H and O–H groups in total. The van der Waals surface area contributed by atoms with Crippen molar-refractivity contribution in [2.45, 2.75) is 32.1 Å². The summed E-state index contributed by atoms with van der Waals surface area (Å²) in [6.45, 7) is 3.57. The molecule has 1 fully saturated rings. The minimum absolute atomic E-state index is 0.277. The van der Waals surface area contributed by atoms with Gasteiger partial charge in [0.25, 0.3) is 0 Å². The van der Waals surface area contributed by atoms with Crippen LogP contribution in [0.4, 0.5) is 13.2 Å². The maximum Gasteiger partial charge on any atom is 0.130 e. The Morgan fingerprint density at radius 2 is 1.74 bits per heavy atom. The number of hydrogen-bond acceptors (Lipinski definition) is 1. The molecular weight excluding hydrogens is 373 g/mol. The fourth-order valence-corrected chi connectivity index (χ4v) is 4.52. The van der Waals surface area contributed by atoms with Crippen molar-refractivity contribution in [2.75, 3.05) is 0 Å². The number of hydrogen-bond donors (Lipinski definition) is 0. The molecular formula is C21H18ClF3N2. The molecule has 0 amide bonds. The largest absolute Gasteiger partial charge is 0.271 e. The zero-order valence-electron chi connectivity index (χ0n) is 15.2. The summed E-state index contributed by atoms with van der Waals surface area (Å²) in [5.74, 6) is -1.57. The van der Waals surface area contributed by atoms with Crippen LogP contribution in [-0.4, -0.2) is 9.78 Å². The maximum atomic E-state index is 14.8. The van der Waals surface area contributed by atoms with Gasteiger partial charge < -0.3 is 0 Å². The highest BCUT2D eigenvalue weighted by atomic mass is 35.5. The van der Waals surface area contributed by atoms with Gasteiger partial charge in [0.05, 0.1) is 16.4 Å². The van der Waals surface area contributed by atoms with E-state index in [1.807, 2.05) is 6.92 Å². The van der Waals surface area contributed by atoms with Crippen LogP contribution in [-0.2, 0) is 12.5 Å². The Morgan fingerprint density at radius 1 is 1.04 bits per heavy atom. The van der Waals surface area contributed by atoms with E-state index < -0.39 is 22.9 Å². The predicted octanol–water partition coefficient (Wildman–Crippen LogP) is 5.85. The summed E-state index contributed by atoms with van der Waals surface area (Å²) in [6, 6.07) is 6.51. The van der Waals surface area contributed by atoms with E-state index in [0.29, 0.717) is 16.7 Å². The van der Waals surface area contributed by atoms with Gasteiger partial charge in [-0.25, -0.2) is 13.2 Å². The smallest absolute Gasteiger partial charge is 0.130 e. The molecule has 0 saturated heterocycles. The fourth-order valence-electron chi connectivity index (χ4n) is 4.26. The minimum Gasteiger partial charge on any atom is -0.271 e. The lowest BCUT2D eigenvalue weighted by Crippen LogP contribution is -2.18. The first-order valence-electron chi connectivity index (χ1n) is 8.70. The van der Waals surface area contributed by atoms with Gasteiger partial charge in [0.1, 0.15) is 17.5 Å². The molecule has 0 spiro atoms. The Labute approximate surface area is 160 Å². The molecule has 140 valence electrons. The third kappa shape index (κ3) is 2.76. The van der Waals surface area contributed by atoms with Crippen molar-refractivity contribution in [1.82, 2.24) is 9.78 Å². The second-order valence-corrected chi connectivity index (χ2v) is 7.63. The van der Waals surface area contributed by atoms with Gasteiger partial charge in [-0.05, 0) is 56.5 Å². The molecule has 0 radical (unpaired) electrons. The molecule has 3 aromatic rings. The molecule has 0 bridgehead atoms. The van der Waals surface area contributed by atoms with E-state index in [0.717, 1.165) is 35.9 Å². The number of nitrogens with zero attached hydrogens (tertiary/aromatic N) is 2. The third-order valence-corrected chi connectivity index (χ3v) is 5.67. The standard InChI is InChI=1S/C21H18ClF3N2/c1-11-8-14(24)10-17(25)19(11)21(6-7-21)20-18(12(2)26-27(20)3)15-5-4-13(23)9-16(15)22/h4-5,8-10H,6-7H2,1-3H3. The molecule has 6 heteroatoms. The fraction of sp³-hybridized carbons (Fsp3) is 0.286. The monoisotopic (exact) mass is 390 g/mol. The molecule has 2 nitrogen and oxygen atoms in total. The number of aromatic nitrogens is 2. The van der Waals surface area contributed by atoms with Crippen LogP contribution >= 0.6 is 11.6 Å². The number of aryl methyl sites for hydroxylation is 3. The Bertz CT molecular complexity index is 1040. The number of rotatable bonds is 3. The molecule has 4 rings (SSSR count). The first-order valence-corrected chi connectivity index (χ1v) is 9.08. The van der Waals surface area contributed by atoms with E-state index in [4.69, 9.17) is 11.6 Å². The van der Waals surface area contributed by atoms with Crippen molar-refractivity contribution in [1.29, 1.82) is 0 Å². The van der Waals surface area contributed by atoms with E-state index in [1.54, 1.807) is 24.7 Å². The lowest BCUT2D eigenvalue weighted by Gasteiger charge is -2.22. The van der Waals surface area contributed by atoms with Crippen molar-refractivity contribution in [3.05, 3.63) is 75.3 Å². The van der Waals surface area contributed by atoms with Crippen molar-refractivity contribution in [2.24, 2.45) is 7.05 Å². The van der Waals surface area contributed by atoms with Gasteiger partial charge in [-0.1, -0.05) is 11.6 Å². The quantitative estimate of drug-likeness (QED) is 0.548. The summed E-state index contributed by atoms with van der Waals surface area (Å²) in [6.07, 6.45) is 1.45. The van der Waals surface area contributed by atoms with Crippen LogP contribution in [0.2, 0.25) is 5.02 Å². The normalized spacial score (nSPS) is 15.2. The molecule has 1 aromatic heterocycles. The highest BCUT2D eigenvalue weighted by molar-refractivity contribution is 6.33. The van der Waals surface area contributed by atoms with Gasteiger partial charge in [0, 0.05) is 35.2 Å². The lowest BCUT2D eigenvalue weighted by molar-refractivity contribution is 0.550. The molecule has 0 atom stereocenters. The van der Waals surface area contributed by atoms with Crippen LogP contribution in [0.3, 0.4) is 0 Å². The van der Waals surface area contributed by atoms with Gasteiger partial charge in [0.2, 0.25) is 0 Å². The van der Waals surface area contributed by atoms with Gasteiger partial charge >= 0.3 is 0 Å². The first-order chi connectivity index (χ1) is 12.7. The Kier molecular flexibility index (Phi) is 4.11. The Balaban J connectivity index is 1.99. The van der Waals surface area contributed by atoms with Crippen molar-refractivity contribution in [3.63, 3.8) is 0 Å². The lowest BCUT2D eigenvalue weighted by atomic mass is 9.84. The summed E-state index contributed by atoms with van der Waals surface area (Å²) in [5, 5.41) is 4.80. The first kappa shape index (κ1) is 18.1. The van der Waals surface area contributed by atoms with Gasteiger partial charge in [0.15, 0.2) is 0 Å². The molecule has 1 heterocycles. The van der Waals surface area contributed by atoms with Gasteiger partial charge in [-0.2, -0.15) is 5.10 Å². The zero-order valence-corrected chi connectivity index (χ0v) is 16.0. The Hall–Kier alpha value is -2.27. The summed E-state index contributed by atoms with van der Waals surface area (Å²) in [5.41, 5.74) is 3.46. The summed E-state index contributed by atoms with van der Waals surface area (Å²) < 4.78 is 43.7. The van der Waals surface area contributed by atoms with Crippen LogP contribution in [0.25, 0.3) is 11.1 Å². The van der Waals surface area contributed by atoms with E-state index in [9.17, 15) is 13.2 Å². The summed E-state index contributed by atoms with van der Waals surface area (Å²) in [4.78, 5) is 0. The Morgan fingerprint density at radius 3 is 2.33 bits per heavy atom. The molecule has 1 aliphatic carbocycles. The number of benzene rings is 2. The van der Waals surface area contributed by atoms with Gasteiger partial charge in [-0.3, -0.25) is 4.68 Å². The average molecular weight is 391 g/mol. The van der Waals surface area contributed by atoms with Crippen LogP contribution in [0.15, 0.2) is 30.3 Å². The van der Waals surface area contributed by atoms with Crippen molar-refractivity contribution in [3.8, 4) is 11.1 Å².